The Morgan fingerprint density at radius 3 is 2.44 bits per heavy atom. The second-order valence-corrected chi connectivity index (χ2v) is 3.73. The maximum absolute atomic E-state index is 11.3. The van der Waals surface area contributed by atoms with E-state index in [0.29, 0.717) is 6.61 Å². The van der Waals surface area contributed by atoms with Crippen molar-refractivity contribution < 1.29 is 23.8 Å². The van der Waals surface area contributed by atoms with Crippen molar-refractivity contribution in [3.63, 3.8) is 0 Å². The summed E-state index contributed by atoms with van der Waals surface area (Å²) < 4.78 is 14.3. The standard InChI is InChI=1S/C11H18O5/c1-3-4-5-6-7-15-11(13)9-8(16-9)10(12)14-2/h8-9H,3-7H2,1-2H3. The lowest BCUT2D eigenvalue weighted by Gasteiger charge is -2.01. The van der Waals surface area contributed by atoms with Crippen LogP contribution in [0.4, 0.5) is 0 Å². The molecule has 0 aromatic heterocycles. The third kappa shape index (κ3) is 3.81. The summed E-state index contributed by atoms with van der Waals surface area (Å²) in [6.45, 7) is 2.51. The molecule has 1 aliphatic heterocycles. The third-order valence-electron chi connectivity index (χ3n) is 2.40. The minimum Gasteiger partial charge on any atom is -0.467 e. The van der Waals surface area contributed by atoms with E-state index < -0.39 is 24.1 Å². The van der Waals surface area contributed by atoms with E-state index in [4.69, 9.17) is 9.47 Å². The van der Waals surface area contributed by atoms with Gasteiger partial charge in [0.05, 0.1) is 13.7 Å². The Balaban J connectivity index is 2.07. The Morgan fingerprint density at radius 1 is 1.12 bits per heavy atom. The lowest BCUT2D eigenvalue weighted by Crippen LogP contribution is -2.19. The zero-order chi connectivity index (χ0) is 12.0. The molecule has 2 unspecified atom stereocenters. The van der Waals surface area contributed by atoms with Crippen molar-refractivity contribution in [2.45, 2.75) is 44.8 Å². The number of hydrogen-bond acceptors (Lipinski definition) is 5. The summed E-state index contributed by atoms with van der Waals surface area (Å²) in [6.07, 6.45) is 2.68. The summed E-state index contributed by atoms with van der Waals surface area (Å²) in [6, 6.07) is 0. The minimum atomic E-state index is -0.756. The van der Waals surface area contributed by atoms with Crippen molar-refractivity contribution in [3.8, 4) is 0 Å². The predicted octanol–water partition coefficient (Wildman–Crippen LogP) is 1.05. The fourth-order valence-corrected chi connectivity index (χ4v) is 1.37. The first-order chi connectivity index (χ1) is 7.70. The number of carbonyl (C=O) groups excluding carboxylic acids is 2. The summed E-state index contributed by atoms with van der Waals surface area (Å²) in [5, 5.41) is 0. The van der Waals surface area contributed by atoms with E-state index in [2.05, 4.69) is 11.7 Å². The van der Waals surface area contributed by atoms with Gasteiger partial charge in [0.1, 0.15) is 0 Å². The van der Waals surface area contributed by atoms with Gasteiger partial charge < -0.3 is 14.2 Å². The van der Waals surface area contributed by atoms with E-state index in [1.54, 1.807) is 0 Å². The molecule has 0 bridgehead atoms. The zero-order valence-corrected chi connectivity index (χ0v) is 9.73. The van der Waals surface area contributed by atoms with Crippen molar-refractivity contribution in [1.29, 1.82) is 0 Å². The largest absolute Gasteiger partial charge is 0.467 e. The van der Waals surface area contributed by atoms with Crippen LogP contribution in [0.25, 0.3) is 0 Å². The first kappa shape index (κ1) is 13.0. The van der Waals surface area contributed by atoms with Gasteiger partial charge >= 0.3 is 11.9 Å². The molecule has 1 rings (SSSR count). The van der Waals surface area contributed by atoms with Crippen LogP contribution < -0.4 is 0 Å². The molecule has 5 heteroatoms. The molecular weight excluding hydrogens is 212 g/mol. The van der Waals surface area contributed by atoms with Crippen LogP contribution in [0, 0.1) is 0 Å². The van der Waals surface area contributed by atoms with Gasteiger partial charge in [0.2, 0.25) is 0 Å². The second kappa shape index (κ2) is 6.48. The number of ether oxygens (including phenoxy) is 3. The summed E-state index contributed by atoms with van der Waals surface area (Å²) in [7, 11) is 1.26. The number of hydrogen-bond donors (Lipinski definition) is 0. The normalized spacial score (nSPS) is 22.6. The number of carbonyl (C=O) groups is 2. The fourth-order valence-electron chi connectivity index (χ4n) is 1.37. The average molecular weight is 230 g/mol. The van der Waals surface area contributed by atoms with Crippen LogP contribution in [-0.2, 0) is 23.8 Å². The van der Waals surface area contributed by atoms with E-state index in [9.17, 15) is 9.59 Å². The number of epoxide rings is 1. The van der Waals surface area contributed by atoms with E-state index in [1.807, 2.05) is 0 Å². The molecule has 16 heavy (non-hydrogen) atoms. The topological polar surface area (TPSA) is 65.1 Å². The highest BCUT2D eigenvalue weighted by molar-refractivity contribution is 5.89. The van der Waals surface area contributed by atoms with E-state index in [-0.39, 0.29) is 0 Å². The van der Waals surface area contributed by atoms with Crippen LogP contribution in [0.2, 0.25) is 0 Å². The van der Waals surface area contributed by atoms with Crippen molar-refractivity contribution in [3.05, 3.63) is 0 Å². The summed E-state index contributed by atoms with van der Waals surface area (Å²) in [5.74, 6) is -0.986. The van der Waals surface area contributed by atoms with Crippen LogP contribution in [0.3, 0.4) is 0 Å². The lowest BCUT2D eigenvalue weighted by molar-refractivity contribution is -0.146. The molecule has 1 aliphatic rings. The van der Waals surface area contributed by atoms with Gasteiger partial charge in [-0.2, -0.15) is 0 Å². The Kier molecular flexibility index (Phi) is 5.25. The Hall–Kier alpha value is -1.10. The summed E-state index contributed by atoms with van der Waals surface area (Å²) in [5.41, 5.74) is 0. The van der Waals surface area contributed by atoms with E-state index in [1.165, 1.54) is 7.11 Å². The second-order valence-electron chi connectivity index (χ2n) is 3.73. The highest BCUT2D eigenvalue weighted by Crippen LogP contribution is 2.24. The zero-order valence-electron chi connectivity index (χ0n) is 9.73. The number of esters is 2. The highest BCUT2D eigenvalue weighted by atomic mass is 16.7. The molecule has 0 amide bonds. The molecule has 1 fully saturated rings. The van der Waals surface area contributed by atoms with Crippen LogP contribution in [-0.4, -0.2) is 37.9 Å². The SMILES string of the molecule is CCCCCCOC(=O)C1OC1C(=O)OC. The van der Waals surface area contributed by atoms with Crippen LogP contribution >= 0.6 is 0 Å². The molecule has 0 saturated carbocycles. The van der Waals surface area contributed by atoms with Gasteiger partial charge in [-0.15, -0.1) is 0 Å². The molecule has 0 N–H and O–H groups in total. The monoisotopic (exact) mass is 230 g/mol. The van der Waals surface area contributed by atoms with Crippen molar-refractivity contribution in [1.82, 2.24) is 0 Å². The van der Waals surface area contributed by atoms with Crippen molar-refractivity contribution >= 4 is 11.9 Å². The minimum absolute atomic E-state index is 0.395. The lowest BCUT2D eigenvalue weighted by atomic mass is 10.2. The van der Waals surface area contributed by atoms with Crippen molar-refractivity contribution in [2.75, 3.05) is 13.7 Å². The van der Waals surface area contributed by atoms with Crippen LogP contribution in [0.15, 0.2) is 0 Å². The maximum atomic E-state index is 11.3. The third-order valence-corrected chi connectivity index (χ3v) is 2.40. The first-order valence-corrected chi connectivity index (χ1v) is 5.60. The Labute approximate surface area is 95.0 Å². The molecule has 92 valence electrons. The van der Waals surface area contributed by atoms with Gasteiger partial charge in [0.15, 0.2) is 12.2 Å². The number of unbranched alkanes of at least 4 members (excludes halogenated alkanes) is 3. The summed E-state index contributed by atoms with van der Waals surface area (Å²) in [4.78, 5) is 22.3. The molecule has 0 aromatic carbocycles. The molecule has 0 aromatic rings. The molecular formula is C11H18O5. The molecule has 1 heterocycles. The van der Waals surface area contributed by atoms with E-state index >= 15 is 0 Å². The molecule has 0 spiro atoms. The number of methoxy groups -OCH3 is 1. The maximum Gasteiger partial charge on any atom is 0.338 e. The molecule has 2 atom stereocenters. The number of rotatable bonds is 7. The molecule has 1 saturated heterocycles. The van der Waals surface area contributed by atoms with Crippen LogP contribution in [0.1, 0.15) is 32.6 Å². The average Bonchev–Trinajstić information content (AvgIpc) is 3.07. The molecule has 5 nitrogen and oxygen atoms in total. The smallest absolute Gasteiger partial charge is 0.338 e. The van der Waals surface area contributed by atoms with Crippen molar-refractivity contribution in [2.24, 2.45) is 0 Å². The van der Waals surface area contributed by atoms with Gasteiger partial charge in [0.25, 0.3) is 0 Å². The van der Waals surface area contributed by atoms with E-state index in [0.717, 1.165) is 25.7 Å². The Bertz CT molecular complexity index is 251. The van der Waals surface area contributed by atoms with Gasteiger partial charge in [-0.3, -0.25) is 0 Å². The van der Waals surface area contributed by atoms with Gasteiger partial charge in [-0.05, 0) is 6.42 Å². The summed E-state index contributed by atoms with van der Waals surface area (Å²) >= 11 is 0. The van der Waals surface area contributed by atoms with Crippen LogP contribution in [0.5, 0.6) is 0 Å². The fraction of sp³-hybridized carbons (Fsp3) is 0.818. The molecule has 0 radical (unpaired) electrons. The van der Waals surface area contributed by atoms with Gasteiger partial charge in [-0.25, -0.2) is 9.59 Å². The first-order valence-electron chi connectivity index (χ1n) is 5.60. The molecule has 0 aliphatic carbocycles. The van der Waals surface area contributed by atoms with Gasteiger partial charge in [-0.1, -0.05) is 26.2 Å². The Morgan fingerprint density at radius 2 is 1.81 bits per heavy atom. The van der Waals surface area contributed by atoms with Gasteiger partial charge in [0, 0.05) is 0 Å². The predicted molar refractivity (Wildman–Crippen MR) is 55.8 cm³/mol. The quantitative estimate of drug-likeness (QED) is 0.371. The highest BCUT2D eigenvalue weighted by Gasteiger charge is 2.52.